The smallest absolute Gasteiger partial charge is 0.316 e. The minimum atomic E-state index is -0.492. The molecule has 0 aliphatic rings. The lowest BCUT2D eigenvalue weighted by Gasteiger charge is -2.22. The molecule has 0 rings (SSSR count). The van der Waals surface area contributed by atoms with E-state index in [2.05, 4.69) is 0 Å². The first-order chi connectivity index (χ1) is 11.9. The van der Waals surface area contributed by atoms with Crippen molar-refractivity contribution in [3.8, 4) is 0 Å². The molecule has 0 aliphatic carbocycles. The van der Waals surface area contributed by atoms with E-state index in [1.807, 2.05) is 40.7 Å². The third kappa shape index (κ3) is 8.93. The maximum atomic E-state index is 12.1. The van der Waals surface area contributed by atoms with Crippen LogP contribution in [0.1, 0.15) is 41.0 Å². The molecule has 25 heavy (non-hydrogen) atoms. The molecule has 0 bridgehead atoms. The van der Waals surface area contributed by atoms with Crippen molar-refractivity contribution in [1.29, 1.82) is 0 Å². The Morgan fingerprint density at radius 2 is 1.60 bits per heavy atom. The second kappa shape index (κ2) is 13.7. The quantitative estimate of drug-likeness (QED) is 0.217. The summed E-state index contributed by atoms with van der Waals surface area (Å²) >= 11 is 0. The highest BCUT2D eigenvalue weighted by Gasteiger charge is 2.28. The zero-order chi connectivity index (χ0) is 19.2. The van der Waals surface area contributed by atoms with E-state index in [0.717, 1.165) is 6.42 Å². The maximum absolute atomic E-state index is 12.1. The summed E-state index contributed by atoms with van der Waals surface area (Å²) in [4.78, 5) is 12.1. The van der Waals surface area contributed by atoms with Crippen molar-refractivity contribution in [2.45, 2.75) is 47.3 Å². The summed E-state index contributed by atoms with van der Waals surface area (Å²) in [6.07, 6.45) is 4.00. The van der Waals surface area contributed by atoms with Crippen LogP contribution < -0.4 is 0 Å². The number of ether oxygens (including phenoxy) is 5. The van der Waals surface area contributed by atoms with Crippen LogP contribution in [0.3, 0.4) is 0 Å². The van der Waals surface area contributed by atoms with Gasteiger partial charge in [-0.2, -0.15) is 0 Å². The zero-order valence-corrected chi connectivity index (χ0v) is 16.7. The number of hydrogen-bond donors (Lipinski definition) is 0. The Kier molecular flexibility index (Phi) is 12.9. The second-order valence-electron chi connectivity index (χ2n) is 5.66. The van der Waals surface area contributed by atoms with Gasteiger partial charge in [0, 0.05) is 19.3 Å². The lowest BCUT2D eigenvalue weighted by molar-refractivity contribution is -0.159. The average Bonchev–Trinajstić information content (AvgIpc) is 2.58. The van der Waals surface area contributed by atoms with Gasteiger partial charge in [-0.3, -0.25) is 4.79 Å². The summed E-state index contributed by atoms with van der Waals surface area (Å²) in [6.45, 7) is 11.0. The van der Waals surface area contributed by atoms with E-state index in [9.17, 15) is 4.79 Å². The monoisotopic (exact) mass is 358 g/mol. The van der Waals surface area contributed by atoms with Gasteiger partial charge in [0.2, 0.25) is 0 Å². The van der Waals surface area contributed by atoms with E-state index in [4.69, 9.17) is 23.7 Å². The Bertz CT molecular complexity index is 422. The van der Waals surface area contributed by atoms with Crippen molar-refractivity contribution >= 4 is 5.97 Å². The van der Waals surface area contributed by atoms with E-state index < -0.39 is 12.2 Å². The van der Waals surface area contributed by atoms with Crippen molar-refractivity contribution in [1.82, 2.24) is 0 Å². The molecule has 6 heteroatoms. The van der Waals surface area contributed by atoms with Gasteiger partial charge in [0.15, 0.2) is 6.29 Å². The van der Waals surface area contributed by atoms with Crippen LogP contribution in [0.5, 0.6) is 0 Å². The molecule has 0 aliphatic heterocycles. The molecule has 1 atom stereocenters. The van der Waals surface area contributed by atoms with Gasteiger partial charge < -0.3 is 23.7 Å². The number of carbonyl (C=O) groups excluding carboxylic acids is 1. The molecule has 0 saturated heterocycles. The molecule has 0 fully saturated rings. The summed E-state index contributed by atoms with van der Waals surface area (Å²) < 4.78 is 27.1. The largest absolute Gasteiger partial charge is 0.500 e. The summed E-state index contributed by atoms with van der Waals surface area (Å²) in [5.74, 6) is 0.319. The fraction of sp³-hybridized carbons (Fsp3) is 0.737. The van der Waals surface area contributed by atoms with Crippen molar-refractivity contribution in [3.05, 3.63) is 23.7 Å². The van der Waals surface area contributed by atoms with Crippen molar-refractivity contribution in [2.75, 3.05) is 34.0 Å². The van der Waals surface area contributed by atoms with Gasteiger partial charge in [0.05, 0.1) is 14.2 Å². The van der Waals surface area contributed by atoms with Gasteiger partial charge in [0.1, 0.15) is 24.0 Å². The van der Waals surface area contributed by atoms with Gasteiger partial charge in [0.25, 0.3) is 0 Å². The summed E-state index contributed by atoms with van der Waals surface area (Å²) in [5.41, 5.74) is 0. The number of esters is 1. The first-order valence-corrected chi connectivity index (χ1v) is 8.84. The van der Waals surface area contributed by atoms with Crippen LogP contribution in [0, 0.1) is 11.8 Å². The number of allylic oxidation sites excluding steroid dienone is 2. The Hall–Kier alpha value is -1.53. The first kappa shape index (κ1) is 23.5. The summed E-state index contributed by atoms with van der Waals surface area (Å²) in [7, 11) is 2.91. The SMILES string of the molecule is CC/C=C(/C=C(\OC)C(C(=O)OC)C(C)C)OCC(OCC)OCC. The fourth-order valence-corrected chi connectivity index (χ4v) is 2.30. The Balaban J connectivity index is 5.30. The zero-order valence-electron chi connectivity index (χ0n) is 16.7. The Morgan fingerprint density at radius 3 is 2.00 bits per heavy atom. The van der Waals surface area contributed by atoms with Crippen molar-refractivity contribution in [2.24, 2.45) is 11.8 Å². The predicted molar refractivity (Wildman–Crippen MR) is 96.8 cm³/mol. The van der Waals surface area contributed by atoms with Gasteiger partial charge in [-0.05, 0) is 32.3 Å². The topological polar surface area (TPSA) is 63.2 Å². The highest BCUT2D eigenvalue weighted by molar-refractivity contribution is 5.75. The standard InChI is InChI=1S/C19H34O6/c1-8-11-15(25-13-17(23-9-2)24-10-3)12-16(21-6)18(14(4)5)19(20)22-7/h11-12,14,17-18H,8-10,13H2,1-7H3/b15-11-,16-12-. The second-order valence-corrected chi connectivity index (χ2v) is 5.66. The first-order valence-electron chi connectivity index (χ1n) is 8.84. The average molecular weight is 358 g/mol. The Labute approximate surface area is 152 Å². The Morgan fingerprint density at radius 1 is 1.00 bits per heavy atom. The molecule has 0 heterocycles. The molecule has 146 valence electrons. The summed E-state index contributed by atoms with van der Waals surface area (Å²) in [6, 6.07) is 0. The number of rotatable bonds is 13. The molecule has 0 amide bonds. The number of carbonyl (C=O) groups is 1. The van der Waals surface area contributed by atoms with Crippen molar-refractivity contribution < 1.29 is 28.5 Å². The van der Waals surface area contributed by atoms with Crippen LogP contribution in [0.15, 0.2) is 23.7 Å². The van der Waals surface area contributed by atoms with Gasteiger partial charge in [-0.25, -0.2) is 0 Å². The van der Waals surface area contributed by atoms with Crippen LogP contribution >= 0.6 is 0 Å². The van der Waals surface area contributed by atoms with Gasteiger partial charge >= 0.3 is 5.97 Å². The molecule has 0 N–H and O–H groups in total. The molecule has 0 aromatic heterocycles. The molecule has 1 unspecified atom stereocenters. The van der Waals surface area contributed by atoms with Crippen LogP contribution in [-0.2, 0) is 28.5 Å². The lowest BCUT2D eigenvalue weighted by atomic mass is 9.93. The summed E-state index contributed by atoms with van der Waals surface area (Å²) in [5, 5.41) is 0. The lowest BCUT2D eigenvalue weighted by Crippen LogP contribution is -2.25. The molecular weight excluding hydrogens is 324 g/mol. The van der Waals surface area contributed by atoms with Crippen LogP contribution in [0.25, 0.3) is 0 Å². The highest BCUT2D eigenvalue weighted by atomic mass is 16.7. The van der Waals surface area contributed by atoms with Crippen LogP contribution in [0.4, 0.5) is 0 Å². The molecule has 6 nitrogen and oxygen atoms in total. The van der Waals surface area contributed by atoms with E-state index >= 15 is 0 Å². The van der Waals surface area contributed by atoms with Crippen LogP contribution in [0.2, 0.25) is 0 Å². The maximum Gasteiger partial charge on any atom is 0.316 e. The number of methoxy groups -OCH3 is 2. The number of hydrogen-bond acceptors (Lipinski definition) is 6. The minimum Gasteiger partial charge on any atom is -0.500 e. The third-order valence-electron chi connectivity index (χ3n) is 3.45. The molecular formula is C19H34O6. The van der Waals surface area contributed by atoms with E-state index in [0.29, 0.717) is 24.7 Å². The predicted octanol–water partition coefficient (Wildman–Crippen LogP) is 3.67. The van der Waals surface area contributed by atoms with E-state index in [1.165, 1.54) is 14.2 Å². The normalized spacial score (nSPS) is 14.0. The molecule has 0 aromatic rings. The minimum absolute atomic E-state index is 0.0288. The fourth-order valence-electron chi connectivity index (χ4n) is 2.30. The van der Waals surface area contributed by atoms with E-state index in [-0.39, 0.29) is 18.5 Å². The van der Waals surface area contributed by atoms with Gasteiger partial charge in [-0.15, -0.1) is 0 Å². The van der Waals surface area contributed by atoms with Crippen LogP contribution in [-0.4, -0.2) is 46.3 Å². The highest BCUT2D eigenvalue weighted by Crippen LogP contribution is 2.24. The molecule has 0 spiro atoms. The van der Waals surface area contributed by atoms with Crippen molar-refractivity contribution in [3.63, 3.8) is 0 Å². The van der Waals surface area contributed by atoms with Gasteiger partial charge in [-0.1, -0.05) is 20.8 Å². The van der Waals surface area contributed by atoms with E-state index in [1.54, 1.807) is 6.08 Å². The molecule has 0 aromatic carbocycles. The molecule has 0 saturated carbocycles. The molecule has 0 radical (unpaired) electrons. The third-order valence-corrected chi connectivity index (χ3v) is 3.45.